The third-order valence-corrected chi connectivity index (χ3v) is 1.02. The van der Waals surface area contributed by atoms with Crippen molar-refractivity contribution in [3.05, 3.63) is 11.8 Å². The van der Waals surface area contributed by atoms with Gasteiger partial charge in [-0.15, -0.1) is 0 Å². The lowest BCUT2D eigenvalue weighted by Gasteiger charge is -2.14. The average Bonchev–Trinajstić information content (AvgIpc) is 1.64. The zero-order valence-electron chi connectivity index (χ0n) is 5.26. The van der Waals surface area contributed by atoms with E-state index in [1.54, 1.807) is 0 Å². The quantitative estimate of drug-likeness (QED) is 0.451. The zero-order chi connectivity index (χ0) is 5.98. The molecule has 1 aliphatic heterocycles. The first kappa shape index (κ1) is 5.35. The van der Waals surface area contributed by atoms with Gasteiger partial charge in [-0.25, -0.2) is 0 Å². The van der Waals surface area contributed by atoms with Crippen molar-refractivity contribution >= 4 is 6.21 Å². The van der Waals surface area contributed by atoms with Crippen LogP contribution in [0.4, 0.5) is 0 Å². The van der Waals surface area contributed by atoms with E-state index in [9.17, 15) is 0 Å². The highest BCUT2D eigenvalue weighted by molar-refractivity contribution is 5.78. The second-order valence-corrected chi connectivity index (χ2v) is 2.08. The highest BCUT2D eigenvalue weighted by Crippen LogP contribution is 1.97. The first-order valence-corrected chi connectivity index (χ1v) is 2.67. The van der Waals surface area contributed by atoms with Crippen molar-refractivity contribution in [3.63, 3.8) is 0 Å². The molecule has 0 spiro atoms. The Morgan fingerprint density at radius 3 is 2.88 bits per heavy atom. The van der Waals surface area contributed by atoms with E-state index in [1.807, 2.05) is 20.2 Å². The normalized spacial score (nSPS) is 18.8. The molecule has 0 aromatic carbocycles. The maximum Gasteiger partial charge on any atom is 0.109 e. The summed E-state index contributed by atoms with van der Waals surface area (Å²) >= 11 is 0. The Morgan fingerprint density at radius 1 is 1.75 bits per heavy atom. The van der Waals surface area contributed by atoms with E-state index in [0.717, 1.165) is 6.67 Å². The molecule has 0 fully saturated rings. The third-order valence-electron chi connectivity index (χ3n) is 1.02. The standard InChI is InChI=1S/C6H10N2/c1-6-3-7-5-8(2)4-6/h3-4H,5H2,1-2H3. The maximum atomic E-state index is 4.07. The summed E-state index contributed by atoms with van der Waals surface area (Å²) in [4.78, 5) is 6.12. The van der Waals surface area contributed by atoms with Gasteiger partial charge < -0.3 is 4.90 Å². The van der Waals surface area contributed by atoms with Crippen molar-refractivity contribution in [1.82, 2.24) is 4.90 Å². The molecule has 2 heteroatoms. The van der Waals surface area contributed by atoms with Crippen molar-refractivity contribution in [1.29, 1.82) is 0 Å². The molecule has 0 aliphatic carbocycles. The van der Waals surface area contributed by atoms with Gasteiger partial charge in [-0.1, -0.05) is 0 Å². The molecular formula is C6H10N2. The maximum absolute atomic E-state index is 4.07. The predicted molar refractivity (Wildman–Crippen MR) is 34.9 cm³/mol. The number of aliphatic imine (C=N–C) groups is 1. The lowest BCUT2D eigenvalue weighted by atomic mass is 10.3. The highest BCUT2D eigenvalue weighted by atomic mass is 15.2. The van der Waals surface area contributed by atoms with Crippen LogP contribution in [0.2, 0.25) is 0 Å². The van der Waals surface area contributed by atoms with Crippen LogP contribution in [0.25, 0.3) is 0 Å². The lowest BCUT2D eigenvalue weighted by molar-refractivity contribution is 0.466. The molecule has 0 aromatic rings. The van der Waals surface area contributed by atoms with Crippen LogP contribution in [0.1, 0.15) is 6.92 Å². The molecule has 1 heterocycles. The summed E-state index contributed by atoms with van der Waals surface area (Å²) in [6.45, 7) is 2.84. The van der Waals surface area contributed by atoms with Gasteiger partial charge in [0.25, 0.3) is 0 Å². The third kappa shape index (κ3) is 1.09. The molecule has 8 heavy (non-hydrogen) atoms. The van der Waals surface area contributed by atoms with Crippen LogP contribution in [-0.4, -0.2) is 24.8 Å². The highest BCUT2D eigenvalue weighted by Gasteiger charge is 1.93. The molecule has 0 saturated heterocycles. The molecule has 1 rings (SSSR count). The van der Waals surface area contributed by atoms with Gasteiger partial charge >= 0.3 is 0 Å². The van der Waals surface area contributed by atoms with Crippen LogP contribution in [0.5, 0.6) is 0 Å². The topological polar surface area (TPSA) is 15.6 Å². The van der Waals surface area contributed by atoms with Gasteiger partial charge in [-0.2, -0.15) is 0 Å². The molecular weight excluding hydrogens is 100 g/mol. The summed E-state index contributed by atoms with van der Waals surface area (Å²) in [6, 6.07) is 0. The summed E-state index contributed by atoms with van der Waals surface area (Å²) in [5.74, 6) is 0. The minimum atomic E-state index is 0.803. The Labute approximate surface area is 49.5 Å². The fraction of sp³-hybridized carbons (Fsp3) is 0.500. The van der Waals surface area contributed by atoms with E-state index in [2.05, 4.69) is 16.1 Å². The summed E-state index contributed by atoms with van der Waals surface area (Å²) < 4.78 is 0. The summed E-state index contributed by atoms with van der Waals surface area (Å²) in [5, 5.41) is 0. The molecule has 0 saturated carbocycles. The first-order valence-electron chi connectivity index (χ1n) is 2.67. The van der Waals surface area contributed by atoms with Crippen molar-refractivity contribution in [2.45, 2.75) is 6.92 Å². The van der Waals surface area contributed by atoms with E-state index >= 15 is 0 Å². The Bertz CT molecular complexity index is 135. The fourth-order valence-electron chi connectivity index (χ4n) is 0.735. The van der Waals surface area contributed by atoms with Gasteiger partial charge in [0.1, 0.15) is 6.67 Å². The van der Waals surface area contributed by atoms with Crippen molar-refractivity contribution in [2.75, 3.05) is 13.7 Å². The van der Waals surface area contributed by atoms with Gasteiger partial charge in [0, 0.05) is 19.5 Å². The van der Waals surface area contributed by atoms with E-state index < -0.39 is 0 Å². The smallest absolute Gasteiger partial charge is 0.109 e. The molecule has 2 nitrogen and oxygen atoms in total. The summed E-state index contributed by atoms with van der Waals surface area (Å²) in [7, 11) is 2.01. The van der Waals surface area contributed by atoms with Crippen LogP contribution in [0.15, 0.2) is 16.8 Å². The Balaban J connectivity index is 2.63. The van der Waals surface area contributed by atoms with Gasteiger partial charge in [-0.05, 0) is 12.5 Å². The summed E-state index contributed by atoms with van der Waals surface area (Å²) in [5.41, 5.74) is 1.22. The zero-order valence-corrected chi connectivity index (χ0v) is 5.26. The summed E-state index contributed by atoms with van der Waals surface area (Å²) in [6.07, 6.45) is 3.97. The van der Waals surface area contributed by atoms with Crippen LogP contribution in [-0.2, 0) is 0 Å². The second kappa shape index (κ2) is 1.99. The van der Waals surface area contributed by atoms with Crippen molar-refractivity contribution in [2.24, 2.45) is 4.99 Å². The molecule has 0 amide bonds. The number of allylic oxidation sites excluding steroid dienone is 1. The van der Waals surface area contributed by atoms with E-state index in [0.29, 0.717) is 0 Å². The average molecular weight is 110 g/mol. The van der Waals surface area contributed by atoms with Crippen molar-refractivity contribution in [3.8, 4) is 0 Å². The minimum Gasteiger partial charge on any atom is -0.361 e. The number of hydrogen-bond acceptors (Lipinski definition) is 2. The van der Waals surface area contributed by atoms with Crippen LogP contribution < -0.4 is 0 Å². The van der Waals surface area contributed by atoms with Crippen LogP contribution in [0, 0.1) is 0 Å². The molecule has 0 radical (unpaired) electrons. The van der Waals surface area contributed by atoms with E-state index in [-0.39, 0.29) is 0 Å². The van der Waals surface area contributed by atoms with Crippen LogP contribution in [0.3, 0.4) is 0 Å². The Kier molecular flexibility index (Phi) is 1.33. The molecule has 0 atom stereocenters. The molecule has 0 aromatic heterocycles. The van der Waals surface area contributed by atoms with Crippen LogP contribution >= 0.6 is 0 Å². The molecule has 0 bridgehead atoms. The van der Waals surface area contributed by atoms with Gasteiger partial charge in [0.15, 0.2) is 0 Å². The van der Waals surface area contributed by atoms with Gasteiger partial charge in [-0.3, -0.25) is 4.99 Å². The predicted octanol–water partition coefficient (Wildman–Crippen LogP) is 0.864. The van der Waals surface area contributed by atoms with Gasteiger partial charge in [0.05, 0.1) is 0 Å². The van der Waals surface area contributed by atoms with E-state index in [4.69, 9.17) is 0 Å². The monoisotopic (exact) mass is 110 g/mol. The van der Waals surface area contributed by atoms with Crippen molar-refractivity contribution < 1.29 is 0 Å². The van der Waals surface area contributed by atoms with E-state index in [1.165, 1.54) is 5.57 Å². The lowest BCUT2D eigenvalue weighted by Crippen LogP contribution is -2.14. The Hall–Kier alpha value is -0.790. The first-order chi connectivity index (χ1) is 3.79. The molecule has 44 valence electrons. The molecule has 1 aliphatic rings. The van der Waals surface area contributed by atoms with Gasteiger partial charge in [0.2, 0.25) is 0 Å². The SMILES string of the molecule is CC1=CN(C)CN=C1. The number of rotatable bonds is 0. The molecule has 0 N–H and O–H groups in total. The molecule has 0 unspecified atom stereocenters. The second-order valence-electron chi connectivity index (χ2n) is 2.08. The Morgan fingerprint density at radius 2 is 2.50 bits per heavy atom. The number of hydrogen-bond donors (Lipinski definition) is 0. The largest absolute Gasteiger partial charge is 0.361 e. The number of nitrogens with zero attached hydrogens (tertiary/aromatic N) is 2. The fourth-order valence-corrected chi connectivity index (χ4v) is 0.735. The minimum absolute atomic E-state index is 0.803.